The first kappa shape index (κ1) is 23.2. The summed E-state index contributed by atoms with van der Waals surface area (Å²) in [6.45, 7) is 1.94. The Kier molecular flexibility index (Phi) is 6.63. The smallest absolute Gasteiger partial charge is 0.273 e. The fourth-order valence-corrected chi connectivity index (χ4v) is 7.52. The highest BCUT2D eigenvalue weighted by atomic mass is 32.2. The van der Waals surface area contributed by atoms with Crippen LogP contribution < -0.4 is 11.0 Å². The number of ether oxygens (including phenoxy) is 1. The van der Waals surface area contributed by atoms with Crippen molar-refractivity contribution < 1.29 is 22.7 Å². The predicted octanol–water partition coefficient (Wildman–Crippen LogP) is 3.51. The maximum absolute atomic E-state index is 14.7. The van der Waals surface area contributed by atoms with Gasteiger partial charge in [0.1, 0.15) is 33.5 Å². The lowest BCUT2D eigenvalue weighted by atomic mass is 9.89. The van der Waals surface area contributed by atoms with E-state index in [4.69, 9.17) is 10.5 Å². The van der Waals surface area contributed by atoms with Crippen LogP contribution in [0.4, 0.5) is 13.2 Å². The van der Waals surface area contributed by atoms with Crippen molar-refractivity contribution in [2.75, 3.05) is 19.8 Å². The molecule has 0 fully saturated rings. The highest BCUT2D eigenvalue weighted by molar-refractivity contribution is 8.15. The summed E-state index contributed by atoms with van der Waals surface area (Å²) in [5, 5.41) is 6.83. The van der Waals surface area contributed by atoms with Crippen molar-refractivity contribution in [3.63, 3.8) is 0 Å². The summed E-state index contributed by atoms with van der Waals surface area (Å²) in [6.07, 6.45) is 0.422. The van der Waals surface area contributed by atoms with E-state index in [-0.39, 0.29) is 16.5 Å². The minimum Gasteiger partial charge on any atom is -0.372 e. The molecule has 0 saturated carbocycles. The van der Waals surface area contributed by atoms with Crippen molar-refractivity contribution in [2.24, 2.45) is 16.8 Å². The van der Waals surface area contributed by atoms with E-state index in [0.717, 1.165) is 35.3 Å². The molecule has 2 aromatic carbocycles. The van der Waals surface area contributed by atoms with E-state index >= 15 is 0 Å². The summed E-state index contributed by atoms with van der Waals surface area (Å²) >= 11 is 1.15. The van der Waals surface area contributed by atoms with Crippen LogP contribution in [0.5, 0.6) is 0 Å². The predicted molar refractivity (Wildman–Crippen MR) is 122 cm³/mol. The number of thioether (sulfide) groups is 1. The zero-order valence-electron chi connectivity index (χ0n) is 17.6. The lowest BCUT2D eigenvalue weighted by Crippen LogP contribution is -2.54. The third-order valence-corrected chi connectivity index (χ3v) is 8.85. The quantitative estimate of drug-likeness (QED) is 0.664. The lowest BCUT2D eigenvalue weighted by molar-refractivity contribution is -0.146. The number of hydrazone groups is 1. The molecule has 4 rings (SSSR count). The third-order valence-electron chi connectivity index (χ3n) is 5.80. The van der Waals surface area contributed by atoms with E-state index in [0.29, 0.717) is 33.3 Å². The highest BCUT2D eigenvalue weighted by Gasteiger charge is 2.56. The largest absolute Gasteiger partial charge is 0.372 e. The molecular weight excluding hydrogens is 458 g/mol. The van der Waals surface area contributed by atoms with E-state index in [1.54, 1.807) is 13.0 Å². The van der Waals surface area contributed by atoms with Gasteiger partial charge in [-0.3, -0.25) is 4.79 Å². The molecule has 0 radical (unpaired) electrons. The number of carbonyl (C=O) groups excluding carboxylic acids is 1. The molecule has 170 valence electrons. The van der Waals surface area contributed by atoms with Crippen LogP contribution in [0.3, 0.4) is 0 Å². The summed E-state index contributed by atoms with van der Waals surface area (Å²) in [4.78, 5) is 12.3. The van der Waals surface area contributed by atoms with Crippen LogP contribution in [0, 0.1) is 23.4 Å². The van der Waals surface area contributed by atoms with Crippen LogP contribution >= 0.6 is 20.3 Å². The first-order valence-electron chi connectivity index (χ1n) is 10.2. The maximum atomic E-state index is 14.7. The molecule has 4 atom stereocenters. The SMILES string of the molecule is CO[C@@H](C)C(=O)N1N=C(c2cc(F)ccc2F)SC12c1cc(F)ccc1PC[C@@H]2CCN. The first-order chi connectivity index (χ1) is 15.3. The molecule has 1 spiro atoms. The van der Waals surface area contributed by atoms with Gasteiger partial charge in [-0.25, -0.2) is 18.2 Å². The van der Waals surface area contributed by atoms with Gasteiger partial charge in [-0.2, -0.15) is 5.10 Å². The number of nitrogens with two attached hydrogens (primary N) is 1. The second kappa shape index (κ2) is 9.14. The van der Waals surface area contributed by atoms with E-state index < -0.39 is 34.3 Å². The Labute approximate surface area is 190 Å². The molecule has 0 aromatic heterocycles. The standard InChI is InChI=1S/C22H23F3N3O2PS/c1-12(30-2)21(29)28-22(32-20(27-28)16-9-14(23)3-5-18(16)25)13(7-8-26)11-31-19-6-4-15(24)10-17(19)22/h3-6,9-10,12-13,31H,7-8,11,26H2,1-2H3/t12-,13-,22?/m0/s1. The molecule has 2 heterocycles. The molecule has 2 aromatic rings. The Bertz CT molecular complexity index is 1090. The second-order valence-electron chi connectivity index (χ2n) is 7.70. The maximum Gasteiger partial charge on any atom is 0.273 e. The van der Waals surface area contributed by atoms with Gasteiger partial charge in [-0.05, 0) is 61.7 Å². The van der Waals surface area contributed by atoms with E-state index in [1.165, 1.54) is 24.3 Å². The number of methoxy groups -OCH3 is 1. The number of benzene rings is 2. The molecule has 5 nitrogen and oxygen atoms in total. The molecule has 0 saturated heterocycles. The summed E-state index contributed by atoms with van der Waals surface area (Å²) in [5.74, 6) is -2.34. The van der Waals surface area contributed by atoms with Crippen LogP contribution in [0.25, 0.3) is 0 Å². The number of fused-ring (bicyclic) bond motifs is 2. The first-order valence-corrected chi connectivity index (χ1v) is 12.2. The Morgan fingerprint density at radius 1 is 1.31 bits per heavy atom. The van der Waals surface area contributed by atoms with Gasteiger partial charge in [0.2, 0.25) is 0 Å². The number of nitrogens with zero attached hydrogens (tertiary/aromatic N) is 2. The van der Waals surface area contributed by atoms with Crippen LogP contribution in [-0.2, 0) is 14.4 Å². The molecule has 2 aliphatic heterocycles. The minimum absolute atomic E-state index is 0.0489. The molecule has 2 aliphatic rings. The molecule has 2 unspecified atom stereocenters. The van der Waals surface area contributed by atoms with Gasteiger partial charge in [0.15, 0.2) is 0 Å². The van der Waals surface area contributed by atoms with Gasteiger partial charge in [-0.15, -0.1) is 0 Å². The second-order valence-corrected chi connectivity index (χ2v) is 10.2. The van der Waals surface area contributed by atoms with Gasteiger partial charge < -0.3 is 10.5 Å². The Morgan fingerprint density at radius 3 is 2.75 bits per heavy atom. The lowest BCUT2D eigenvalue weighted by Gasteiger charge is -2.46. The van der Waals surface area contributed by atoms with Gasteiger partial charge in [-0.1, -0.05) is 26.4 Å². The molecule has 2 N–H and O–H groups in total. The zero-order valence-corrected chi connectivity index (χ0v) is 19.4. The molecule has 10 heteroatoms. The number of rotatable bonds is 5. The third kappa shape index (κ3) is 3.85. The van der Waals surface area contributed by atoms with Crippen molar-refractivity contribution in [1.82, 2.24) is 5.01 Å². The van der Waals surface area contributed by atoms with Crippen LogP contribution in [0.1, 0.15) is 24.5 Å². The van der Waals surface area contributed by atoms with Gasteiger partial charge in [0, 0.05) is 24.2 Å². The molecular formula is C22H23F3N3O2PS. The summed E-state index contributed by atoms with van der Waals surface area (Å²) in [5.41, 5.74) is 6.46. The van der Waals surface area contributed by atoms with Crippen molar-refractivity contribution in [2.45, 2.75) is 24.3 Å². The molecule has 0 aliphatic carbocycles. The highest BCUT2D eigenvalue weighted by Crippen LogP contribution is 2.57. The van der Waals surface area contributed by atoms with Crippen LogP contribution in [0.2, 0.25) is 0 Å². The van der Waals surface area contributed by atoms with Crippen molar-refractivity contribution in [3.05, 3.63) is 65.0 Å². The van der Waals surface area contributed by atoms with Gasteiger partial charge >= 0.3 is 0 Å². The number of carbonyl (C=O) groups is 1. The minimum atomic E-state index is -1.14. The van der Waals surface area contributed by atoms with E-state index in [1.807, 2.05) is 0 Å². The number of hydrogen-bond donors (Lipinski definition) is 1. The monoisotopic (exact) mass is 481 g/mol. The fourth-order valence-electron chi connectivity index (χ4n) is 4.12. The van der Waals surface area contributed by atoms with E-state index in [2.05, 4.69) is 5.10 Å². The van der Waals surface area contributed by atoms with Crippen molar-refractivity contribution in [3.8, 4) is 0 Å². The Morgan fingerprint density at radius 2 is 2.03 bits per heavy atom. The summed E-state index contributed by atoms with van der Waals surface area (Å²) < 4.78 is 48.3. The topological polar surface area (TPSA) is 67.9 Å². The fraction of sp³-hybridized carbons (Fsp3) is 0.364. The van der Waals surface area contributed by atoms with E-state index in [9.17, 15) is 18.0 Å². The number of amides is 1. The van der Waals surface area contributed by atoms with Crippen molar-refractivity contribution >= 4 is 36.6 Å². The normalized spacial score (nSPS) is 24.0. The summed E-state index contributed by atoms with van der Waals surface area (Å²) in [7, 11) is 1.81. The average Bonchev–Trinajstić information content (AvgIpc) is 3.17. The molecule has 1 amide bonds. The van der Waals surface area contributed by atoms with Gasteiger partial charge in [0.25, 0.3) is 5.91 Å². The van der Waals surface area contributed by atoms with Crippen molar-refractivity contribution in [1.29, 1.82) is 0 Å². The van der Waals surface area contributed by atoms with Crippen LogP contribution in [-0.4, -0.2) is 41.9 Å². The number of hydrogen-bond acceptors (Lipinski definition) is 5. The number of halogens is 3. The molecule has 32 heavy (non-hydrogen) atoms. The summed E-state index contributed by atoms with van der Waals surface area (Å²) in [6, 6.07) is 7.62. The zero-order chi connectivity index (χ0) is 23.0. The Hall–Kier alpha value is -1.93. The average molecular weight is 481 g/mol. The Balaban J connectivity index is 1.94. The van der Waals surface area contributed by atoms with Gasteiger partial charge in [0.05, 0.1) is 0 Å². The molecule has 0 bridgehead atoms. The van der Waals surface area contributed by atoms with Crippen LogP contribution in [0.15, 0.2) is 41.5 Å².